The van der Waals surface area contributed by atoms with E-state index in [1.807, 2.05) is 10.8 Å². The van der Waals surface area contributed by atoms with E-state index >= 15 is 0 Å². The van der Waals surface area contributed by atoms with Crippen molar-refractivity contribution in [2.24, 2.45) is 5.73 Å². The Kier molecular flexibility index (Phi) is 5.93. The van der Waals surface area contributed by atoms with Gasteiger partial charge in [0.2, 0.25) is 0 Å². The van der Waals surface area contributed by atoms with Crippen molar-refractivity contribution in [2.75, 3.05) is 0 Å². The highest BCUT2D eigenvalue weighted by atomic mass is 16.6. The van der Waals surface area contributed by atoms with E-state index in [0.717, 1.165) is 25.7 Å². The number of aliphatic hydroxyl groups is 1. The molecule has 124 valence electrons. The van der Waals surface area contributed by atoms with Gasteiger partial charge >= 0.3 is 5.97 Å². The van der Waals surface area contributed by atoms with Crippen molar-refractivity contribution >= 4 is 5.97 Å². The lowest BCUT2D eigenvalue weighted by Crippen LogP contribution is -2.32. The third-order valence-corrected chi connectivity index (χ3v) is 4.08. The summed E-state index contributed by atoms with van der Waals surface area (Å²) < 4.78 is 7.51. The standard InChI is InChI=1S/C15H25N3O4/c1-2-3-4-5-13-12(7-14(19)22-13)18-8-10(17-9-18)6-11(16)15(20)21/h8-9,11-14,19H,2-7,16H2,1H3,(H,20,21)/t11-,12+,13+,14-/m0/s1. The molecule has 7 heteroatoms. The number of aliphatic hydroxyl groups excluding tert-OH is 1. The fourth-order valence-electron chi connectivity index (χ4n) is 2.86. The molecule has 0 spiro atoms. The van der Waals surface area contributed by atoms with Crippen molar-refractivity contribution in [2.45, 2.75) is 69.9 Å². The van der Waals surface area contributed by atoms with E-state index < -0.39 is 18.3 Å². The number of ether oxygens (including phenoxy) is 1. The van der Waals surface area contributed by atoms with Crippen molar-refractivity contribution in [3.05, 3.63) is 18.2 Å². The van der Waals surface area contributed by atoms with Crippen LogP contribution < -0.4 is 5.73 Å². The molecule has 2 heterocycles. The summed E-state index contributed by atoms with van der Waals surface area (Å²) in [4.78, 5) is 15.0. The first kappa shape index (κ1) is 16.9. The predicted octanol–water partition coefficient (Wildman–Crippen LogP) is 1.07. The molecule has 0 saturated carbocycles. The lowest BCUT2D eigenvalue weighted by atomic mass is 10.0. The number of carboxylic acid groups (broad SMARTS) is 1. The molecular formula is C15H25N3O4. The Morgan fingerprint density at radius 2 is 2.36 bits per heavy atom. The number of carbonyl (C=O) groups is 1. The van der Waals surface area contributed by atoms with Crippen LogP contribution in [0.1, 0.15) is 50.8 Å². The molecule has 0 amide bonds. The quantitative estimate of drug-likeness (QED) is 0.619. The summed E-state index contributed by atoms with van der Waals surface area (Å²) in [6.07, 6.45) is 7.67. The van der Waals surface area contributed by atoms with Gasteiger partial charge in [-0.2, -0.15) is 0 Å². The van der Waals surface area contributed by atoms with Crippen LogP contribution in [0.25, 0.3) is 0 Å². The lowest BCUT2D eigenvalue weighted by molar-refractivity contribution is -0.138. The highest BCUT2D eigenvalue weighted by molar-refractivity contribution is 5.73. The van der Waals surface area contributed by atoms with Crippen LogP contribution >= 0.6 is 0 Å². The number of aliphatic carboxylic acids is 1. The summed E-state index contributed by atoms with van der Waals surface area (Å²) >= 11 is 0. The number of aromatic nitrogens is 2. The number of hydrogen-bond donors (Lipinski definition) is 3. The molecule has 0 bridgehead atoms. The molecule has 1 saturated heterocycles. The van der Waals surface area contributed by atoms with Gasteiger partial charge in [0, 0.05) is 19.0 Å². The molecule has 0 radical (unpaired) electrons. The fraction of sp³-hybridized carbons (Fsp3) is 0.733. The van der Waals surface area contributed by atoms with Crippen LogP contribution in [0.2, 0.25) is 0 Å². The Hall–Kier alpha value is -1.44. The number of carboxylic acids is 1. The fourth-order valence-corrected chi connectivity index (χ4v) is 2.86. The average Bonchev–Trinajstić information content (AvgIpc) is 3.05. The van der Waals surface area contributed by atoms with E-state index in [2.05, 4.69) is 11.9 Å². The topological polar surface area (TPSA) is 111 Å². The first-order valence-electron chi connectivity index (χ1n) is 7.85. The van der Waals surface area contributed by atoms with E-state index in [0.29, 0.717) is 12.1 Å². The number of hydrogen-bond acceptors (Lipinski definition) is 5. The van der Waals surface area contributed by atoms with Crippen molar-refractivity contribution in [1.82, 2.24) is 9.55 Å². The van der Waals surface area contributed by atoms with Gasteiger partial charge in [0.1, 0.15) is 6.04 Å². The summed E-state index contributed by atoms with van der Waals surface area (Å²) in [6, 6.07) is -0.914. The van der Waals surface area contributed by atoms with Gasteiger partial charge in [-0.3, -0.25) is 4.79 Å². The zero-order chi connectivity index (χ0) is 16.1. The molecule has 4 atom stereocenters. The first-order chi connectivity index (χ1) is 10.5. The van der Waals surface area contributed by atoms with E-state index in [1.54, 1.807) is 6.33 Å². The van der Waals surface area contributed by atoms with Crippen molar-refractivity contribution in [3.63, 3.8) is 0 Å². The van der Waals surface area contributed by atoms with Gasteiger partial charge in [0.15, 0.2) is 6.29 Å². The van der Waals surface area contributed by atoms with Crippen LogP contribution in [-0.2, 0) is 16.0 Å². The van der Waals surface area contributed by atoms with E-state index in [4.69, 9.17) is 15.6 Å². The summed E-state index contributed by atoms with van der Waals surface area (Å²) in [7, 11) is 0. The normalized spacial score (nSPS) is 26.2. The monoisotopic (exact) mass is 311 g/mol. The number of unbranched alkanes of at least 4 members (excludes halogenated alkanes) is 2. The number of nitrogens with two attached hydrogens (primary N) is 1. The molecule has 1 aliphatic heterocycles. The Morgan fingerprint density at radius 1 is 1.59 bits per heavy atom. The van der Waals surface area contributed by atoms with E-state index in [9.17, 15) is 9.90 Å². The molecule has 1 aromatic rings. The number of imidazole rings is 1. The zero-order valence-electron chi connectivity index (χ0n) is 12.9. The summed E-state index contributed by atoms with van der Waals surface area (Å²) in [6.45, 7) is 2.15. The number of rotatable bonds is 8. The van der Waals surface area contributed by atoms with Crippen molar-refractivity contribution < 1.29 is 19.7 Å². The maximum absolute atomic E-state index is 10.8. The van der Waals surface area contributed by atoms with Gasteiger partial charge in [-0.15, -0.1) is 0 Å². The van der Waals surface area contributed by atoms with Crippen molar-refractivity contribution in [3.8, 4) is 0 Å². The molecule has 22 heavy (non-hydrogen) atoms. The third kappa shape index (κ3) is 4.28. The molecule has 1 aromatic heterocycles. The van der Waals surface area contributed by atoms with Gasteiger partial charge in [-0.05, 0) is 6.42 Å². The molecule has 0 unspecified atom stereocenters. The van der Waals surface area contributed by atoms with E-state index in [-0.39, 0.29) is 18.6 Å². The minimum Gasteiger partial charge on any atom is -0.480 e. The molecule has 0 aliphatic carbocycles. The number of nitrogens with zero attached hydrogens (tertiary/aromatic N) is 2. The Morgan fingerprint density at radius 3 is 3.05 bits per heavy atom. The second kappa shape index (κ2) is 7.71. The average molecular weight is 311 g/mol. The van der Waals surface area contributed by atoms with Crippen LogP contribution in [0, 0.1) is 0 Å². The maximum Gasteiger partial charge on any atom is 0.320 e. The van der Waals surface area contributed by atoms with Crippen LogP contribution in [0.4, 0.5) is 0 Å². The van der Waals surface area contributed by atoms with Crippen LogP contribution in [0.15, 0.2) is 12.5 Å². The predicted molar refractivity (Wildman–Crippen MR) is 80.2 cm³/mol. The largest absolute Gasteiger partial charge is 0.480 e. The van der Waals surface area contributed by atoms with Crippen molar-refractivity contribution in [1.29, 1.82) is 0 Å². The van der Waals surface area contributed by atoms with E-state index in [1.165, 1.54) is 0 Å². The highest BCUT2D eigenvalue weighted by Gasteiger charge is 2.35. The van der Waals surface area contributed by atoms with Gasteiger partial charge in [0.25, 0.3) is 0 Å². The second-order valence-corrected chi connectivity index (χ2v) is 5.89. The maximum atomic E-state index is 10.8. The summed E-state index contributed by atoms with van der Waals surface area (Å²) in [5, 5.41) is 18.6. The van der Waals surface area contributed by atoms with Gasteiger partial charge < -0.3 is 25.3 Å². The molecule has 0 aromatic carbocycles. The Balaban J connectivity index is 1.99. The Bertz CT molecular complexity index is 491. The molecule has 2 rings (SSSR count). The zero-order valence-corrected chi connectivity index (χ0v) is 12.9. The van der Waals surface area contributed by atoms with Crippen LogP contribution in [-0.4, -0.2) is 44.2 Å². The smallest absolute Gasteiger partial charge is 0.320 e. The van der Waals surface area contributed by atoms with Gasteiger partial charge in [0.05, 0.1) is 24.2 Å². The van der Waals surface area contributed by atoms with Gasteiger partial charge in [-0.1, -0.05) is 26.2 Å². The van der Waals surface area contributed by atoms with Crippen LogP contribution in [0.3, 0.4) is 0 Å². The first-order valence-corrected chi connectivity index (χ1v) is 7.85. The summed E-state index contributed by atoms with van der Waals surface area (Å²) in [5.41, 5.74) is 6.17. The highest BCUT2D eigenvalue weighted by Crippen LogP contribution is 2.33. The lowest BCUT2D eigenvalue weighted by Gasteiger charge is -2.19. The SMILES string of the molecule is CCCCC[C@H]1O[C@H](O)C[C@H]1n1cnc(C[C@H](N)C(=O)O)c1. The molecular weight excluding hydrogens is 286 g/mol. The molecule has 1 fully saturated rings. The minimum atomic E-state index is -1.04. The third-order valence-electron chi connectivity index (χ3n) is 4.08. The minimum absolute atomic E-state index is 0.0308. The molecule has 7 nitrogen and oxygen atoms in total. The molecule has 4 N–H and O–H groups in total. The van der Waals surface area contributed by atoms with Crippen LogP contribution in [0.5, 0.6) is 0 Å². The Labute approximate surface area is 130 Å². The molecule has 1 aliphatic rings. The second-order valence-electron chi connectivity index (χ2n) is 5.89. The van der Waals surface area contributed by atoms with Gasteiger partial charge in [-0.25, -0.2) is 4.98 Å². The summed E-state index contributed by atoms with van der Waals surface area (Å²) in [5.74, 6) is -1.04.